The summed E-state index contributed by atoms with van der Waals surface area (Å²) in [5, 5.41) is 34.5. The Morgan fingerprint density at radius 1 is 0.974 bits per heavy atom. The zero-order chi connectivity index (χ0) is 27.2. The first-order chi connectivity index (χ1) is 18.3. The van der Waals surface area contributed by atoms with E-state index in [-0.39, 0.29) is 6.54 Å². The maximum absolute atomic E-state index is 10.8. The summed E-state index contributed by atoms with van der Waals surface area (Å²) in [6, 6.07) is -2.16. The lowest BCUT2D eigenvalue weighted by atomic mass is 9.84. The molecule has 1 saturated heterocycles. The second-order valence-corrected chi connectivity index (χ2v) is 9.99. The number of ether oxygens (including phenoxy) is 3. The number of anilines is 1. The van der Waals surface area contributed by atoms with Crippen LogP contribution in [-0.4, -0.2) is 116 Å². The number of nitrogens with one attached hydrogen (secondary N) is 2. The van der Waals surface area contributed by atoms with Crippen LogP contribution in [0.3, 0.4) is 0 Å². The summed E-state index contributed by atoms with van der Waals surface area (Å²) in [6.07, 6.45) is -0.101. The maximum Gasteiger partial charge on any atom is 0.182 e. The minimum atomic E-state index is -1.29. The molecule has 0 amide bonds. The van der Waals surface area contributed by atoms with Crippen LogP contribution in [0.2, 0.25) is 0 Å². The molecule has 10 atom stereocenters. The van der Waals surface area contributed by atoms with Gasteiger partial charge in [0.15, 0.2) is 17.8 Å². The van der Waals surface area contributed by atoms with E-state index in [1.807, 2.05) is 0 Å². The topological polar surface area (TPSA) is 259 Å². The Morgan fingerprint density at radius 3 is 2.55 bits per heavy atom. The number of aromatic nitrogens is 4. The van der Waals surface area contributed by atoms with Crippen molar-refractivity contribution >= 4 is 17.0 Å². The summed E-state index contributed by atoms with van der Waals surface area (Å²) in [4.78, 5) is 15.5. The summed E-state index contributed by atoms with van der Waals surface area (Å²) in [7, 11) is 0. The van der Waals surface area contributed by atoms with Gasteiger partial charge in [0.2, 0.25) is 0 Å². The fourth-order valence-electron chi connectivity index (χ4n) is 4.97. The molecule has 2 aromatic rings. The molecule has 0 spiro atoms. The molecule has 15 nitrogen and oxygen atoms in total. The number of nitrogens with zero attached hydrogens (tertiary/aromatic N) is 3. The van der Waals surface area contributed by atoms with Gasteiger partial charge in [-0.3, -0.25) is 0 Å². The molecule has 1 saturated carbocycles. The highest BCUT2D eigenvalue weighted by atomic mass is 16.7. The summed E-state index contributed by atoms with van der Waals surface area (Å²) in [6.45, 7) is 1.09. The molecule has 0 radical (unpaired) electrons. The third-order valence-corrected chi connectivity index (χ3v) is 7.23. The SMILES string of the molecule is NC[C@H]1O[C@H](OC2C(N)CC(N)C(O)C2OCCCCCCNc2ncnc3nc[nH]c23)[C@H](N)[C@@H](O)[C@@H]1O. The predicted molar refractivity (Wildman–Crippen MR) is 138 cm³/mol. The number of fused-ring (bicyclic) bond motifs is 1. The van der Waals surface area contributed by atoms with Gasteiger partial charge in [-0.05, 0) is 19.3 Å². The van der Waals surface area contributed by atoms with Crippen molar-refractivity contribution in [1.82, 2.24) is 19.9 Å². The normalized spacial score (nSPS) is 36.0. The molecule has 1 aliphatic carbocycles. The van der Waals surface area contributed by atoms with Gasteiger partial charge in [0.25, 0.3) is 0 Å². The van der Waals surface area contributed by atoms with Gasteiger partial charge < -0.3 is 62.8 Å². The van der Waals surface area contributed by atoms with Crippen LogP contribution in [0, 0.1) is 0 Å². The molecule has 2 fully saturated rings. The Labute approximate surface area is 220 Å². The van der Waals surface area contributed by atoms with Crippen LogP contribution in [0.25, 0.3) is 11.2 Å². The molecule has 2 aliphatic rings. The number of H-pyrrole nitrogens is 1. The summed E-state index contributed by atoms with van der Waals surface area (Å²) < 4.78 is 17.8. The molecule has 214 valence electrons. The first-order valence-electron chi connectivity index (χ1n) is 13.1. The Balaban J connectivity index is 1.22. The molecule has 3 heterocycles. The lowest BCUT2D eigenvalue weighted by Gasteiger charge is -2.46. The lowest BCUT2D eigenvalue weighted by molar-refractivity contribution is -0.291. The molecule has 0 bridgehead atoms. The van der Waals surface area contributed by atoms with Gasteiger partial charge in [-0.2, -0.15) is 0 Å². The second-order valence-electron chi connectivity index (χ2n) is 9.99. The van der Waals surface area contributed by atoms with Crippen molar-refractivity contribution in [2.24, 2.45) is 22.9 Å². The predicted octanol–water partition coefficient (Wildman–Crippen LogP) is -2.75. The van der Waals surface area contributed by atoms with Crippen LogP contribution in [0.1, 0.15) is 32.1 Å². The third-order valence-electron chi connectivity index (χ3n) is 7.23. The quantitative estimate of drug-likeness (QED) is 0.124. The number of imidazole rings is 1. The van der Waals surface area contributed by atoms with E-state index >= 15 is 0 Å². The molecule has 1 aliphatic heterocycles. The van der Waals surface area contributed by atoms with Crippen LogP contribution in [-0.2, 0) is 14.2 Å². The minimum absolute atomic E-state index is 0.0307. The monoisotopic (exact) mass is 539 g/mol. The Bertz CT molecular complexity index is 999. The Hall–Kier alpha value is -2.05. The number of hydrogen-bond donors (Lipinski definition) is 9. The molecule has 13 N–H and O–H groups in total. The molecule has 15 heteroatoms. The highest BCUT2D eigenvalue weighted by molar-refractivity contribution is 5.81. The molecule has 5 unspecified atom stereocenters. The zero-order valence-electron chi connectivity index (χ0n) is 21.3. The van der Waals surface area contributed by atoms with Crippen LogP contribution < -0.4 is 28.3 Å². The van der Waals surface area contributed by atoms with Gasteiger partial charge in [0.05, 0.1) is 18.5 Å². The number of aliphatic hydroxyl groups is 3. The maximum atomic E-state index is 10.8. The van der Waals surface area contributed by atoms with Crippen molar-refractivity contribution in [3.05, 3.63) is 12.7 Å². The largest absolute Gasteiger partial charge is 0.389 e. The average molecular weight is 540 g/mol. The van der Waals surface area contributed by atoms with Crippen molar-refractivity contribution in [1.29, 1.82) is 0 Å². The van der Waals surface area contributed by atoms with E-state index < -0.39 is 61.0 Å². The molecule has 0 aromatic carbocycles. The van der Waals surface area contributed by atoms with E-state index in [0.717, 1.165) is 43.6 Å². The van der Waals surface area contributed by atoms with E-state index in [2.05, 4.69) is 25.3 Å². The van der Waals surface area contributed by atoms with Gasteiger partial charge in [-0.15, -0.1) is 0 Å². The Morgan fingerprint density at radius 2 is 1.76 bits per heavy atom. The molecule has 2 aromatic heterocycles. The van der Waals surface area contributed by atoms with Crippen molar-refractivity contribution in [2.75, 3.05) is 25.0 Å². The number of aliphatic hydroxyl groups excluding tert-OH is 3. The zero-order valence-corrected chi connectivity index (χ0v) is 21.3. The first kappa shape index (κ1) is 28.9. The molecule has 38 heavy (non-hydrogen) atoms. The fourth-order valence-corrected chi connectivity index (χ4v) is 4.97. The summed E-state index contributed by atoms with van der Waals surface area (Å²) in [5.41, 5.74) is 25.5. The van der Waals surface area contributed by atoms with E-state index in [1.54, 1.807) is 6.33 Å². The smallest absolute Gasteiger partial charge is 0.182 e. The number of unbranched alkanes of at least 4 members (excludes halogenated alkanes) is 3. The van der Waals surface area contributed by atoms with Crippen LogP contribution in [0.4, 0.5) is 5.82 Å². The third kappa shape index (κ3) is 6.56. The standard InChI is InChI=1S/C23H41N9O6/c24-8-13-17(34)18(35)14(27)23(37-13)38-19-12(26)7-11(25)16(33)20(19)36-6-4-2-1-3-5-28-21-15-22(30-9-29-15)32-10-31-21/h9-14,16-20,23,33-35H,1-8,24-27H2,(H2,28,29,30,31,32)/t11?,12?,13-,14-,16?,17-,18-,19?,20?,23-/m1/s1. The van der Waals surface area contributed by atoms with E-state index in [1.165, 1.54) is 6.33 Å². The number of rotatable bonds is 12. The molecular formula is C23H41N9O6. The van der Waals surface area contributed by atoms with Gasteiger partial charge in [0, 0.05) is 31.8 Å². The minimum Gasteiger partial charge on any atom is -0.389 e. The van der Waals surface area contributed by atoms with Crippen LogP contribution >= 0.6 is 0 Å². The molecule has 4 rings (SSSR count). The first-order valence-corrected chi connectivity index (χ1v) is 13.1. The van der Waals surface area contributed by atoms with E-state index in [0.29, 0.717) is 18.7 Å². The highest BCUT2D eigenvalue weighted by Crippen LogP contribution is 2.28. The van der Waals surface area contributed by atoms with Gasteiger partial charge in [-0.25, -0.2) is 15.0 Å². The number of hydrogen-bond acceptors (Lipinski definition) is 14. The lowest BCUT2D eigenvalue weighted by Crippen LogP contribution is -2.67. The number of nitrogens with two attached hydrogens (primary N) is 4. The van der Waals surface area contributed by atoms with E-state index in [4.69, 9.17) is 37.1 Å². The fraction of sp³-hybridized carbons (Fsp3) is 0.783. The van der Waals surface area contributed by atoms with Crippen LogP contribution in [0.15, 0.2) is 12.7 Å². The Kier molecular flexibility index (Phi) is 10.2. The van der Waals surface area contributed by atoms with Gasteiger partial charge in [0.1, 0.15) is 42.4 Å². The average Bonchev–Trinajstić information content (AvgIpc) is 3.40. The summed E-state index contributed by atoms with van der Waals surface area (Å²) in [5.74, 6) is 0.724. The van der Waals surface area contributed by atoms with Gasteiger partial charge >= 0.3 is 0 Å². The number of aromatic amines is 1. The van der Waals surface area contributed by atoms with Gasteiger partial charge in [-0.1, -0.05) is 12.8 Å². The highest BCUT2D eigenvalue weighted by Gasteiger charge is 2.48. The summed E-state index contributed by atoms with van der Waals surface area (Å²) >= 11 is 0. The van der Waals surface area contributed by atoms with Crippen molar-refractivity contribution < 1.29 is 29.5 Å². The van der Waals surface area contributed by atoms with Crippen molar-refractivity contribution in [3.8, 4) is 0 Å². The second kappa shape index (κ2) is 13.3. The van der Waals surface area contributed by atoms with Crippen molar-refractivity contribution in [2.45, 2.75) is 93.1 Å². The van der Waals surface area contributed by atoms with E-state index in [9.17, 15) is 15.3 Å². The molecular weight excluding hydrogens is 498 g/mol. The van der Waals surface area contributed by atoms with Crippen molar-refractivity contribution in [3.63, 3.8) is 0 Å². The van der Waals surface area contributed by atoms with Crippen LogP contribution in [0.5, 0.6) is 0 Å².